The molecule has 0 radical (unpaired) electrons. The van der Waals surface area contributed by atoms with Crippen LogP contribution in [0.5, 0.6) is 0 Å². The molecular formula is C10H6BrF2N. The second kappa shape index (κ2) is 3.61. The summed E-state index contributed by atoms with van der Waals surface area (Å²) in [6, 6.07) is 4.54. The molecule has 0 unspecified atom stereocenters. The Labute approximate surface area is 87.9 Å². The molecule has 0 atom stereocenters. The number of fused-ring (bicyclic) bond motifs is 1. The van der Waals surface area contributed by atoms with Gasteiger partial charge in [-0.1, -0.05) is 12.1 Å². The van der Waals surface area contributed by atoms with Gasteiger partial charge in [-0.15, -0.1) is 0 Å². The predicted molar refractivity (Wildman–Crippen MR) is 54.4 cm³/mol. The first-order valence-corrected chi connectivity index (χ1v) is 4.79. The molecule has 0 spiro atoms. The zero-order valence-electron chi connectivity index (χ0n) is 7.05. The molecule has 1 aromatic heterocycles. The van der Waals surface area contributed by atoms with Gasteiger partial charge in [0.25, 0.3) is 6.43 Å². The van der Waals surface area contributed by atoms with Gasteiger partial charge in [-0.25, -0.2) is 8.78 Å². The Bertz CT molecular complexity index is 471. The van der Waals surface area contributed by atoms with Crippen molar-refractivity contribution in [2.75, 3.05) is 0 Å². The molecule has 4 heteroatoms. The number of nitrogens with zero attached hydrogens (tertiary/aromatic N) is 1. The van der Waals surface area contributed by atoms with Gasteiger partial charge in [-0.3, -0.25) is 4.98 Å². The van der Waals surface area contributed by atoms with Crippen LogP contribution in [0.4, 0.5) is 8.78 Å². The summed E-state index contributed by atoms with van der Waals surface area (Å²) in [6.07, 6.45) is 0.812. The van der Waals surface area contributed by atoms with Gasteiger partial charge in [0, 0.05) is 27.8 Å². The minimum atomic E-state index is -2.43. The molecule has 0 N–H and O–H groups in total. The number of hydrogen-bond acceptors (Lipinski definition) is 1. The zero-order valence-corrected chi connectivity index (χ0v) is 8.63. The first-order valence-electron chi connectivity index (χ1n) is 4.00. The van der Waals surface area contributed by atoms with E-state index in [-0.39, 0.29) is 5.56 Å². The maximum atomic E-state index is 12.4. The molecule has 0 aliphatic rings. The largest absolute Gasteiger partial charge is 0.263 e. The van der Waals surface area contributed by atoms with Crippen molar-refractivity contribution in [3.8, 4) is 0 Å². The van der Waals surface area contributed by atoms with Gasteiger partial charge in [-0.2, -0.15) is 0 Å². The van der Waals surface area contributed by atoms with E-state index >= 15 is 0 Å². The van der Waals surface area contributed by atoms with E-state index in [0.29, 0.717) is 0 Å². The average molecular weight is 258 g/mol. The zero-order chi connectivity index (χ0) is 10.1. The van der Waals surface area contributed by atoms with Crippen molar-refractivity contribution < 1.29 is 8.78 Å². The first-order chi connectivity index (χ1) is 6.68. The lowest BCUT2D eigenvalue weighted by atomic mass is 10.1. The summed E-state index contributed by atoms with van der Waals surface area (Å²) in [5, 5.41) is 1.61. The fourth-order valence-corrected chi connectivity index (χ4v) is 1.74. The molecule has 0 aliphatic heterocycles. The smallest absolute Gasteiger partial charge is 0.263 e. The summed E-state index contributed by atoms with van der Waals surface area (Å²) in [5.41, 5.74) is 0.0319. The fraction of sp³-hybridized carbons (Fsp3) is 0.100. The molecule has 0 amide bonds. The minimum absolute atomic E-state index is 0.0319. The Balaban J connectivity index is 2.70. The van der Waals surface area contributed by atoms with Crippen molar-refractivity contribution in [3.05, 3.63) is 40.6 Å². The van der Waals surface area contributed by atoms with Gasteiger partial charge in [0.2, 0.25) is 0 Å². The molecule has 14 heavy (non-hydrogen) atoms. The summed E-state index contributed by atoms with van der Waals surface area (Å²) in [6.45, 7) is 0. The van der Waals surface area contributed by atoms with E-state index in [4.69, 9.17) is 0 Å². The van der Waals surface area contributed by atoms with Crippen molar-refractivity contribution in [1.29, 1.82) is 0 Å². The molecule has 1 heterocycles. The maximum Gasteiger partial charge on any atom is 0.263 e. The third-order valence-electron chi connectivity index (χ3n) is 1.99. The molecule has 0 saturated heterocycles. The Morgan fingerprint density at radius 1 is 1.21 bits per heavy atom. The van der Waals surface area contributed by atoms with Gasteiger partial charge in [0.15, 0.2) is 0 Å². The van der Waals surface area contributed by atoms with Crippen LogP contribution in [-0.4, -0.2) is 4.98 Å². The van der Waals surface area contributed by atoms with Crippen LogP contribution in [-0.2, 0) is 0 Å². The van der Waals surface area contributed by atoms with Crippen LogP contribution in [0, 0.1) is 0 Å². The summed E-state index contributed by atoms with van der Waals surface area (Å²) >= 11 is 3.27. The highest BCUT2D eigenvalue weighted by atomic mass is 79.9. The first kappa shape index (κ1) is 9.52. The third-order valence-corrected chi connectivity index (χ3v) is 2.62. The maximum absolute atomic E-state index is 12.4. The fourth-order valence-electron chi connectivity index (χ4n) is 1.28. The van der Waals surface area contributed by atoms with Gasteiger partial charge in [-0.05, 0) is 27.4 Å². The van der Waals surface area contributed by atoms with Crippen LogP contribution in [0.15, 0.2) is 35.1 Å². The Morgan fingerprint density at radius 3 is 2.71 bits per heavy atom. The number of benzene rings is 1. The molecule has 1 nitrogen and oxygen atoms in total. The van der Waals surface area contributed by atoms with Crippen molar-refractivity contribution in [3.63, 3.8) is 0 Å². The summed E-state index contributed by atoms with van der Waals surface area (Å²) < 4.78 is 25.5. The highest BCUT2D eigenvalue weighted by Crippen LogP contribution is 2.27. The van der Waals surface area contributed by atoms with Crippen LogP contribution in [0.25, 0.3) is 10.8 Å². The standard InChI is InChI=1S/C10H6BrF2N/c11-9-5-14-4-7-2-1-6(10(12)13)3-8(7)9/h1-5,10H. The second-order valence-electron chi connectivity index (χ2n) is 2.90. The van der Waals surface area contributed by atoms with Crippen molar-refractivity contribution in [1.82, 2.24) is 4.98 Å². The van der Waals surface area contributed by atoms with Crippen LogP contribution >= 0.6 is 15.9 Å². The van der Waals surface area contributed by atoms with E-state index in [0.717, 1.165) is 15.2 Å². The lowest BCUT2D eigenvalue weighted by Gasteiger charge is -2.03. The average Bonchev–Trinajstić information content (AvgIpc) is 2.18. The Kier molecular flexibility index (Phi) is 2.46. The minimum Gasteiger partial charge on any atom is -0.263 e. The predicted octanol–water partition coefficient (Wildman–Crippen LogP) is 3.93. The number of hydrogen-bond donors (Lipinski definition) is 0. The molecule has 0 fully saturated rings. The number of alkyl halides is 2. The number of halogens is 3. The van der Waals surface area contributed by atoms with E-state index in [2.05, 4.69) is 20.9 Å². The summed E-state index contributed by atoms with van der Waals surface area (Å²) in [5.74, 6) is 0. The van der Waals surface area contributed by atoms with E-state index in [1.807, 2.05) is 0 Å². The second-order valence-corrected chi connectivity index (χ2v) is 3.76. The molecule has 0 saturated carbocycles. The van der Waals surface area contributed by atoms with Crippen LogP contribution in [0.2, 0.25) is 0 Å². The molecular weight excluding hydrogens is 252 g/mol. The quantitative estimate of drug-likeness (QED) is 0.755. The Morgan fingerprint density at radius 2 is 2.00 bits per heavy atom. The normalized spacial score (nSPS) is 11.1. The van der Waals surface area contributed by atoms with E-state index < -0.39 is 6.43 Å². The molecule has 2 aromatic rings. The van der Waals surface area contributed by atoms with Crippen molar-refractivity contribution >= 4 is 26.7 Å². The highest BCUT2D eigenvalue weighted by Gasteiger charge is 2.08. The van der Waals surface area contributed by atoms with E-state index in [9.17, 15) is 8.78 Å². The highest BCUT2D eigenvalue weighted by molar-refractivity contribution is 9.10. The number of pyridine rings is 1. The molecule has 72 valence electrons. The molecule has 0 aliphatic carbocycles. The topological polar surface area (TPSA) is 12.9 Å². The van der Waals surface area contributed by atoms with Crippen molar-refractivity contribution in [2.24, 2.45) is 0 Å². The lowest BCUT2D eigenvalue weighted by molar-refractivity contribution is 0.151. The number of aromatic nitrogens is 1. The van der Waals surface area contributed by atoms with Crippen LogP contribution < -0.4 is 0 Å². The van der Waals surface area contributed by atoms with Gasteiger partial charge in [0.1, 0.15) is 0 Å². The monoisotopic (exact) mass is 257 g/mol. The molecule has 0 bridgehead atoms. The summed E-state index contributed by atoms with van der Waals surface area (Å²) in [4.78, 5) is 3.95. The Hall–Kier alpha value is -1.03. The lowest BCUT2D eigenvalue weighted by Crippen LogP contribution is -1.85. The SMILES string of the molecule is FC(F)c1ccc2cncc(Br)c2c1. The molecule has 2 rings (SSSR count). The van der Waals surface area contributed by atoms with Crippen LogP contribution in [0.3, 0.4) is 0 Å². The van der Waals surface area contributed by atoms with Gasteiger partial charge in [0.05, 0.1) is 0 Å². The van der Waals surface area contributed by atoms with Crippen LogP contribution in [0.1, 0.15) is 12.0 Å². The van der Waals surface area contributed by atoms with Crippen molar-refractivity contribution in [2.45, 2.75) is 6.43 Å². The van der Waals surface area contributed by atoms with Gasteiger partial charge >= 0.3 is 0 Å². The van der Waals surface area contributed by atoms with E-state index in [1.165, 1.54) is 12.1 Å². The van der Waals surface area contributed by atoms with Gasteiger partial charge < -0.3 is 0 Å². The third kappa shape index (κ3) is 1.62. The summed E-state index contributed by atoms with van der Waals surface area (Å²) in [7, 11) is 0. The molecule has 1 aromatic carbocycles. The van der Waals surface area contributed by atoms with E-state index in [1.54, 1.807) is 18.5 Å². The number of rotatable bonds is 1.